The third-order valence-corrected chi connectivity index (χ3v) is 6.90. The lowest BCUT2D eigenvalue weighted by Gasteiger charge is -2.32. The van der Waals surface area contributed by atoms with Crippen LogP contribution < -0.4 is 4.74 Å². The fourth-order valence-corrected chi connectivity index (χ4v) is 5.32. The van der Waals surface area contributed by atoms with E-state index >= 15 is 0 Å². The molecule has 1 aromatic carbocycles. The van der Waals surface area contributed by atoms with Crippen LogP contribution in [0.4, 0.5) is 0 Å². The average molecular weight is 427 g/mol. The molecule has 1 atom stereocenters. The minimum Gasteiger partial charge on any atom is -0.494 e. The molecule has 162 valence electrons. The van der Waals surface area contributed by atoms with E-state index in [9.17, 15) is 0 Å². The first-order chi connectivity index (χ1) is 14.8. The molecule has 0 aliphatic carbocycles. The molecule has 0 spiro atoms. The van der Waals surface area contributed by atoms with Gasteiger partial charge in [0, 0.05) is 43.2 Å². The molecule has 0 N–H and O–H groups in total. The van der Waals surface area contributed by atoms with Gasteiger partial charge in [-0.3, -0.25) is 4.90 Å². The van der Waals surface area contributed by atoms with Gasteiger partial charge in [-0.05, 0) is 76.0 Å². The number of aromatic nitrogens is 2. The summed E-state index contributed by atoms with van der Waals surface area (Å²) >= 11 is 1.80. The molecule has 2 aromatic rings. The first-order valence-electron chi connectivity index (χ1n) is 11.4. The van der Waals surface area contributed by atoms with Crippen molar-refractivity contribution in [1.82, 2.24) is 19.8 Å². The zero-order valence-corrected chi connectivity index (χ0v) is 18.9. The fraction of sp³-hybridized carbons (Fsp3) is 0.583. The molecule has 2 aliphatic rings. The number of hydrogen-bond acceptors (Lipinski definition) is 6. The van der Waals surface area contributed by atoms with Crippen LogP contribution in [0.5, 0.6) is 5.75 Å². The molecule has 3 heterocycles. The van der Waals surface area contributed by atoms with E-state index in [-0.39, 0.29) is 0 Å². The molecule has 0 unspecified atom stereocenters. The summed E-state index contributed by atoms with van der Waals surface area (Å²) in [6.07, 6.45) is 7.10. The standard InChI is InChI=1S/C24H34N4OS/c1-2-29-22-9-7-20(8-10-22)18-28-15-5-6-21(19-28)23-11-12-25-24(26-23)30-17-16-27-13-3-4-14-27/h7-12,21H,2-6,13-19H2,1H3/t21-/m1/s1. The lowest BCUT2D eigenvalue weighted by Crippen LogP contribution is -2.34. The van der Waals surface area contributed by atoms with Gasteiger partial charge in [0.1, 0.15) is 5.75 Å². The van der Waals surface area contributed by atoms with Crippen LogP contribution >= 0.6 is 11.8 Å². The normalized spacial score (nSPS) is 20.5. The summed E-state index contributed by atoms with van der Waals surface area (Å²) in [5, 5.41) is 0.940. The molecule has 0 amide bonds. The summed E-state index contributed by atoms with van der Waals surface area (Å²) < 4.78 is 5.56. The van der Waals surface area contributed by atoms with Crippen LogP contribution in [0.2, 0.25) is 0 Å². The van der Waals surface area contributed by atoms with Crippen molar-refractivity contribution >= 4 is 11.8 Å². The van der Waals surface area contributed by atoms with Crippen LogP contribution in [-0.4, -0.2) is 64.9 Å². The second-order valence-corrected chi connectivity index (χ2v) is 9.37. The summed E-state index contributed by atoms with van der Waals surface area (Å²) in [6.45, 7) is 9.62. The van der Waals surface area contributed by atoms with E-state index in [0.717, 1.165) is 42.8 Å². The molecule has 6 heteroatoms. The maximum absolute atomic E-state index is 5.56. The van der Waals surface area contributed by atoms with Crippen molar-refractivity contribution in [3.05, 3.63) is 47.8 Å². The molecule has 0 radical (unpaired) electrons. The number of ether oxygens (including phenoxy) is 1. The highest BCUT2D eigenvalue weighted by Gasteiger charge is 2.23. The Labute approximate surface area is 185 Å². The zero-order chi connectivity index (χ0) is 20.6. The molecule has 1 aromatic heterocycles. The van der Waals surface area contributed by atoms with Gasteiger partial charge in [0.05, 0.1) is 6.61 Å². The van der Waals surface area contributed by atoms with E-state index in [1.165, 1.54) is 50.0 Å². The van der Waals surface area contributed by atoms with Gasteiger partial charge in [0.2, 0.25) is 0 Å². The van der Waals surface area contributed by atoms with Gasteiger partial charge in [-0.2, -0.15) is 0 Å². The second kappa shape index (κ2) is 11.1. The van der Waals surface area contributed by atoms with Crippen LogP contribution in [0.25, 0.3) is 0 Å². The van der Waals surface area contributed by atoms with Crippen molar-refractivity contribution in [2.75, 3.05) is 45.1 Å². The minimum absolute atomic E-state index is 0.502. The van der Waals surface area contributed by atoms with E-state index in [4.69, 9.17) is 9.72 Å². The fourth-order valence-electron chi connectivity index (χ4n) is 4.48. The van der Waals surface area contributed by atoms with Crippen LogP contribution in [0.1, 0.15) is 49.8 Å². The average Bonchev–Trinajstić information content (AvgIpc) is 3.29. The van der Waals surface area contributed by atoms with E-state index in [2.05, 4.69) is 45.1 Å². The Morgan fingerprint density at radius 1 is 1.03 bits per heavy atom. The Balaban J connectivity index is 1.30. The summed E-state index contributed by atoms with van der Waals surface area (Å²) in [5.74, 6) is 2.54. The third-order valence-electron chi connectivity index (χ3n) is 6.06. The number of piperidine rings is 1. The van der Waals surface area contributed by atoms with Crippen molar-refractivity contribution in [2.45, 2.75) is 50.2 Å². The molecule has 2 aliphatic heterocycles. The highest BCUT2D eigenvalue weighted by atomic mass is 32.2. The molecule has 2 fully saturated rings. The molecule has 2 saturated heterocycles. The maximum atomic E-state index is 5.56. The molecular weight excluding hydrogens is 392 g/mol. The Kier molecular flexibility index (Phi) is 8.01. The van der Waals surface area contributed by atoms with Gasteiger partial charge in [0.25, 0.3) is 0 Å². The predicted octanol–water partition coefficient (Wildman–Crippen LogP) is 4.44. The number of thioether (sulfide) groups is 1. The van der Waals surface area contributed by atoms with Crippen molar-refractivity contribution in [3.8, 4) is 5.75 Å². The van der Waals surface area contributed by atoms with Crippen LogP contribution in [0, 0.1) is 0 Å². The number of likely N-dealkylation sites (tertiary alicyclic amines) is 2. The van der Waals surface area contributed by atoms with Crippen molar-refractivity contribution in [2.24, 2.45) is 0 Å². The Morgan fingerprint density at radius 3 is 2.63 bits per heavy atom. The largest absolute Gasteiger partial charge is 0.494 e. The van der Waals surface area contributed by atoms with Crippen molar-refractivity contribution < 1.29 is 4.74 Å². The highest BCUT2D eigenvalue weighted by Crippen LogP contribution is 2.28. The van der Waals surface area contributed by atoms with Gasteiger partial charge in [-0.25, -0.2) is 9.97 Å². The van der Waals surface area contributed by atoms with Gasteiger partial charge >= 0.3 is 0 Å². The molecule has 30 heavy (non-hydrogen) atoms. The quantitative estimate of drug-likeness (QED) is 0.436. The van der Waals surface area contributed by atoms with E-state index < -0.39 is 0 Å². The molecule has 4 rings (SSSR count). The number of hydrogen-bond donors (Lipinski definition) is 0. The monoisotopic (exact) mass is 426 g/mol. The van der Waals surface area contributed by atoms with Crippen molar-refractivity contribution in [1.29, 1.82) is 0 Å². The lowest BCUT2D eigenvalue weighted by atomic mass is 9.94. The van der Waals surface area contributed by atoms with E-state index in [0.29, 0.717) is 12.5 Å². The third kappa shape index (κ3) is 6.19. The Hall–Kier alpha value is -1.63. The first kappa shape index (κ1) is 21.6. The predicted molar refractivity (Wildman–Crippen MR) is 123 cm³/mol. The van der Waals surface area contributed by atoms with E-state index in [1.807, 2.05) is 13.1 Å². The second-order valence-electron chi connectivity index (χ2n) is 8.31. The van der Waals surface area contributed by atoms with Gasteiger partial charge < -0.3 is 9.64 Å². The summed E-state index contributed by atoms with van der Waals surface area (Å²) in [6, 6.07) is 10.7. The Bertz CT molecular complexity index is 779. The minimum atomic E-state index is 0.502. The number of rotatable bonds is 9. The lowest BCUT2D eigenvalue weighted by molar-refractivity contribution is 0.198. The maximum Gasteiger partial charge on any atom is 0.187 e. The molecule has 0 saturated carbocycles. The highest BCUT2D eigenvalue weighted by molar-refractivity contribution is 7.99. The topological polar surface area (TPSA) is 41.5 Å². The Morgan fingerprint density at radius 2 is 1.83 bits per heavy atom. The summed E-state index contributed by atoms with van der Waals surface area (Å²) in [4.78, 5) is 14.6. The van der Waals surface area contributed by atoms with Gasteiger partial charge in [0.15, 0.2) is 5.16 Å². The van der Waals surface area contributed by atoms with Crippen LogP contribution in [-0.2, 0) is 6.54 Å². The van der Waals surface area contributed by atoms with Crippen LogP contribution in [0.15, 0.2) is 41.7 Å². The molecule has 5 nitrogen and oxygen atoms in total. The first-order valence-corrected chi connectivity index (χ1v) is 12.4. The SMILES string of the molecule is CCOc1ccc(CN2CCC[C@@H](c3ccnc(SCCN4CCCC4)n3)C2)cc1. The van der Waals surface area contributed by atoms with E-state index in [1.54, 1.807) is 11.8 Å². The zero-order valence-electron chi connectivity index (χ0n) is 18.1. The summed E-state index contributed by atoms with van der Waals surface area (Å²) in [7, 11) is 0. The van der Waals surface area contributed by atoms with Gasteiger partial charge in [-0.15, -0.1) is 0 Å². The smallest absolute Gasteiger partial charge is 0.187 e. The van der Waals surface area contributed by atoms with Crippen LogP contribution in [0.3, 0.4) is 0 Å². The van der Waals surface area contributed by atoms with Crippen molar-refractivity contribution in [3.63, 3.8) is 0 Å². The molecular formula is C24H34N4OS. The summed E-state index contributed by atoms with van der Waals surface area (Å²) in [5.41, 5.74) is 2.56. The van der Waals surface area contributed by atoms with Gasteiger partial charge in [-0.1, -0.05) is 23.9 Å². The molecule has 0 bridgehead atoms. The number of nitrogens with zero attached hydrogens (tertiary/aromatic N) is 4. The number of benzene rings is 1.